The van der Waals surface area contributed by atoms with Crippen LogP contribution in [-0.2, 0) is 4.79 Å². The summed E-state index contributed by atoms with van der Waals surface area (Å²) in [5, 5.41) is 8.23. The maximum atomic E-state index is 11.4. The first-order valence-corrected chi connectivity index (χ1v) is 7.48. The molecule has 108 valence electrons. The number of piperazine rings is 1. The summed E-state index contributed by atoms with van der Waals surface area (Å²) in [5.74, 6) is 0.0710. The summed E-state index contributed by atoms with van der Waals surface area (Å²) in [4.78, 5) is 21.1. The van der Waals surface area contributed by atoms with Gasteiger partial charge < -0.3 is 10.2 Å². The maximum absolute atomic E-state index is 11.4. The number of rotatable bonds is 3. The van der Waals surface area contributed by atoms with Crippen molar-refractivity contribution in [2.75, 3.05) is 44.7 Å². The number of aryl methyl sites for hydroxylation is 1. The van der Waals surface area contributed by atoms with Crippen molar-refractivity contribution in [1.82, 2.24) is 24.8 Å². The fourth-order valence-electron chi connectivity index (χ4n) is 2.31. The average Bonchev–Trinajstić information content (AvgIpc) is 2.96. The Kier molecular flexibility index (Phi) is 3.58. The highest BCUT2D eigenvalue weighted by molar-refractivity contribution is 7.20. The lowest BCUT2D eigenvalue weighted by Crippen LogP contribution is -2.49. The van der Waals surface area contributed by atoms with Gasteiger partial charge in [0.1, 0.15) is 0 Å². The number of carbonyl (C=O) groups is 1. The van der Waals surface area contributed by atoms with Gasteiger partial charge in [-0.05, 0) is 6.92 Å². The number of hydrogen-bond acceptors (Lipinski definition) is 6. The first-order chi connectivity index (χ1) is 9.65. The van der Waals surface area contributed by atoms with Gasteiger partial charge in [0.2, 0.25) is 16.0 Å². The van der Waals surface area contributed by atoms with E-state index in [2.05, 4.69) is 25.2 Å². The molecule has 3 rings (SSSR count). The molecule has 1 amide bonds. The molecule has 1 saturated heterocycles. The highest BCUT2D eigenvalue weighted by atomic mass is 32.1. The summed E-state index contributed by atoms with van der Waals surface area (Å²) >= 11 is 1.61. The van der Waals surface area contributed by atoms with Gasteiger partial charge in [0.15, 0.2) is 0 Å². The molecule has 3 heterocycles. The lowest BCUT2D eigenvalue weighted by molar-refractivity contribution is -0.121. The van der Waals surface area contributed by atoms with Gasteiger partial charge in [0.05, 0.1) is 18.4 Å². The van der Waals surface area contributed by atoms with Crippen molar-refractivity contribution in [2.45, 2.75) is 6.92 Å². The van der Waals surface area contributed by atoms with Crippen molar-refractivity contribution in [3.05, 3.63) is 11.9 Å². The molecule has 0 saturated carbocycles. The number of fused-ring (bicyclic) bond motifs is 1. The Hall–Kier alpha value is -1.67. The second kappa shape index (κ2) is 5.37. The number of carbonyl (C=O) groups excluding carboxylic acids is 1. The molecule has 1 fully saturated rings. The van der Waals surface area contributed by atoms with Crippen LogP contribution in [0.3, 0.4) is 0 Å². The first kappa shape index (κ1) is 13.3. The second-order valence-electron chi connectivity index (χ2n) is 4.93. The van der Waals surface area contributed by atoms with Crippen molar-refractivity contribution in [1.29, 1.82) is 0 Å². The Morgan fingerprint density at radius 1 is 1.40 bits per heavy atom. The van der Waals surface area contributed by atoms with Crippen molar-refractivity contribution >= 4 is 27.3 Å². The predicted octanol–water partition coefficient (Wildman–Crippen LogP) is -0.0328. The molecule has 7 nitrogen and oxygen atoms in total. The zero-order valence-corrected chi connectivity index (χ0v) is 12.5. The molecule has 0 aromatic carbocycles. The van der Waals surface area contributed by atoms with E-state index < -0.39 is 0 Å². The standard InChI is InChI=1S/C12H18N6OS/c1-9-7-18-11(14-9)20-12(15-18)17-5-3-16(4-6-17)8-10(19)13-2/h7H,3-6,8H2,1-2H3,(H,13,19). The minimum atomic E-state index is 0.0710. The Balaban J connectivity index is 1.62. The van der Waals surface area contributed by atoms with E-state index in [0.717, 1.165) is 42.0 Å². The van der Waals surface area contributed by atoms with Crippen LogP contribution in [0.5, 0.6) is 0 Å². The highest BCUT2D eigenvalue weighted by Gasteiger charge is 2.21. The number of imidazole rings is 1. The molecule has 2 aromatic rings. The molecular formula is C12H18N6OS. The molecule has 1 N–H and O–H groups in total. The van der Waals surface area contributed by atoms with E-state index in [1.54, 1.807) is 18.4 Å². The number of nitrogens with one attached hydrogen (secondary N) is 1. The summed E-state index contributed by atoms with van der Waals surface area (Å²) in [7, 11) is 1.67. The van der Waals surface area contributed by atoms with Gasteiger partial charge in [-0.15, -0.1) is 5.10 Å². The van der Waals surface area contributed by atoms with E-state index in [-0.39, 0.29) is 5.91 Å². The van der Waals surface area contributed by atoms with Gasteiger partial charge in [0.25, 0.3) is 0 Å². The highest BCUT2D eigenvalue weighted by Crippen LogP contribution is 2.23. The largest absolute Gasteiger partial charge is 0.358 e. The number of likely N-dealkylation sites (N-methyl/N-ethyl adjacent to an activating group) is 1. The van der Waals surface area contributed by atoms with Crippen molar-refractivity contribution < 1.29 is 4.79 Å². The SMILES string of the molecule is CNC(=O)CN1CCN(c2nn3cc(C)nc3s2)CC1. The van der Waals surface area contributed by atoms with Crippen LogP contribution in [0.15, 0.2) is 6.20 Å². The molecular weight excluding hydrogens is 276 g/mol. The maximum Gasteiger partial charge on any atom is 0.233 e. The number of anilines is 1. The predicted molar refractivity (Wildman–Crippen MR) is 78.3 cm³/mol. The van der Waals surface area contributed by atoms with Crippen LogP contribution in [0.25, 0.3) is 4.96 Å². The fraction of sp³-hybridized carbons (Fsp3) is 0.583. The van der Waals surface area contributed by atoms with E-state index >= 15 is 0 Å². The molecule has 0 unspecified atom stereocenters. The number of hydrogen-bond donors (Lipinski definition) is 1. The summed E-state index contributed by atoms with van der Waals surface area (Å²) < 4.78 is 1.84. The molecule has 0 bridgehead atoms. The molecule has 2 aromatic heterocycles. The third-order valence-corrected chi connectivity index (χ3v) is 4.43. The molecule has 0 aliphatic carbocycles. The zero-order chi connectivity index (χ0) is 14.1. The average molecular weight is 294 g/mol. The summed E-state index contributed by atoms with van der Waals surface area (Å²) in [6, 6.07) is 0. The molecule has 8 heteroatoms. The molecule has 1 aliphatic heterocycles. The lowest BCUT2D eigenvalue weighted by Gasteiger charge is -2.33. The van der Waals surface area contributed by atoms with Crippen LogP contribution < -0.4 is 10.2 Å². The third-order valence-electron chi connectivity index (χ3n) is 3.44. The first-order valence-electron chi connectivity index (χ1n) is 6.66. The van der Waals surface area contributed by atoms with Gasteiger partial charge in [-0.1, -0.05) is 11.3 Å². The smallest absolute Gasteiger partial charge is 0.233 e. The zero-order valence-electron chi connectivity index (χ0n) is 11.7. The summed E-state index contributed by atoms with van der Waals surface area (Å²) in [5.41, 5.74) is 0.991. The van der Waals surface area contributed by atoms with Crippen molar-refractivity contribution in [2.24, 2.45) is 0 Å². The Morgan fingerprint density at radius 2 is 2.15 bits per heavy atom. The third kappa shape index (κ3) is 2.61. The van der Waals surface area contributed by atoms with E-state index in [1.807, 2.05) is 17.6 Å². The van der Waals surface area contributed by atoms with Gasteiger partial charge in [0, 0.05) is 33.2 Å². The summed E-state index contributed by atoms with van der Waals surface area (Å²) in [6.07, 6.45) is 1.94. The Bertz CT molecular complexity index is 581. The van der Waals surface area contributed by atoms with Crippen LogP contribution >= 0.6 is 11.3 Å². The fourth-order valence-corrected chi connectivity index (χ4v) is 3.29. The second-order valence-corrected chi connectivity index (χ2v) is 5.86. The Morgan fingerprint density at radius 3 is 2.80 bits per heavy atom. The number of nitrogens with zero attached hydrogens (tertiary/aromatic N) is 5. The van der Waals surface area contributed by atoms with Gasteiger partial charge in [-0.25, -0.2) is 9.50 Å². The molecule has 0 atom stereocenters. The normalized spacial score (nSPS) is 16.8. The minimum Gasteiger partial charge on any atom is -0.358 e. The van der Waals surface area contributed by atoms with Crippen molar-refractivity contribution in [3.8, 4) is 0 Å². The van der Waals surface area contributed by atoms with Crippen molar-refractivity contribution in [3.63, 3.8) is 0 Å². The lowest BCUT2D eigenvalue weighted by atomic mass is 10.3. The van der Waals surface area contributed by atoms with E-state index in [9.17, 15) is 4.79 Å². The van der Waals surface area contributed by atoms with E-state index in [0.29, 0.717) is 6.54 Å². The van der Waals surface area contributed by atoms with Gasteiger partial charge in [-0.2, -0.15) is 0 Å². The summed E-state index contributed by atoms with van der Waals surface area (Å²) in [6.45, 7) is 6.01. The number of aromatic nitrogens is 3. The van der Waals surface area contributed by atoms with Gasteiger partial charge in [-0.3, -0.25) is 9.69 Å². The van der Waals surface area contributed by atoms with Gasteiger partial charge >= 0.3 is 0 Å². The van der Waals surface area contributed by atoms with Crippen LogP contribution in [0.1, 0.15) is 5.69 Å². The molecule has 0 spiro atoms. The quantitative estimate of drug-likeness (QED) is 0.861. The number of amides is 1. The Labute approximate surface area is 121 Å². The topological polar surface area (TPSA) is 65.8 Å². The monoisotopic (exact) mass is 294 g/mol. The van der Waals surface area contributed by atoms with E-state index in [4.69, 9.17) is 0 Å². The molecule has 0 radical (unpaired) electrons. The van der Waals surface area contributed by atoms with E-state index in [1.165, 1.54) is 0 Å². The molecule has 1 aliphatic rings. The van der Waals surface area contributed by atoms with Crippen LogP contribution in [0.2, 0.25) is 0 Å². The van der Waals surface area contributed by atoms with Crippen LogP contribution in [-0.4, -0.2) is 65.2 Å². The molecule has 20 heavy (non-hydrogen) atoms. The van der Waals surface area contributed by atoms with Crippen LogP contribution in [0, 0.1) is 6.92 Å². The minimum absolute atomic E-state index is 0.0710. The van der Waals surface area contributed by atoms with Crippen LogP contribution in [0.4, 0.5) is 5.13 Å².